The van der Waals surface area contributed by atoms with Gasteiger partial charge in [-0.05, 0) is 25.1 Å². The van der Waals surface area contributed by atoms with E-state index < -0.39 is 12.0 Å². The number of carboxylic acid groups (broad SMARTS) is 1. The average Bonchev–Trinajstić information content (AvgIpc) is 2.80. The zero-order chi connectivity index (χ0) is 15.6. The summed E-state index contributed by atoms with van der Waals surface area (Å²) in [7, 11) is 1.55. The van der Waals surface area contributed by atoms with E-state index in [0.717, 1.165) is 11.8 Å². The van der Waals surface area contributed by atoms with Crippen LogP contribution in [0.4, 0.5) is 0 Å². The number of hydrogen-bond donors (Lipinski definition) is 2. The molecule has 0 bridgehead atoms. The summed E-state index contributed by atoms with van der Waals surface area (Å²) in [6, 6.07) is 4.65. The smallest absolute Gasteiger partial charge is 0.313 e. The number of imidazole rings is 1. The normalized spacial score (nSPS) is 12.3. The van der Waals surface area contributed by atoms with E-state index in [2.05, 4.69) is 10.3 Å². The van der Waals surface area contributed by atoms with Crippen molar-refractivity contribution in [3.8, 4) is 0 Å². The van der Waals surface area contributed by atoms with Gasteiger partial charge in [-0.1, -0.05) is 23.4 Å². The summed E-state index contributed by atoms with van der Waals surface area (Å²) in [5.74, 6) is -1.26. The zero-order valence-corrected chi connectivity index (χ0v) is 13.0. The third-order valence-electron chi connectivity index (χ3n) is 2.96. The van der Waals surface area contributed by atoms with Crippen LogP contribution in [0, 0.1) is 0 Å². The minimum absolute atomic E-state index is 0.127. The number of aliphatic carboxylic acids is 1. The molecule has 1 aromatic carbocycles. The Morgan fingerprint density at radius 1 is 1.52 bits per heavy atom. The van der Waals surface area contributed by atoms with Gasteiger partial charge in [-0.25, -0.2) is 4.98 Å². The molecule has 0 saturated carbocycles. The van der Waals surface area contributed by atoms with E-state index in [1.54, 1.807) is 36.7 Å². The van der Waals surface area contributed by atoms with Gasteiger partial charge in [0.2, 0.25) is 5.91 Å². The monoisotopic (exact) mass is 327 g/mol. The molecule has 2 N–H and O–H groups in total. The fraction of sp³-hybridized carbons (Fsp3) is 0.308. The van der Waals surface area contributed by atoms with Crippen LogP contribution < -0.4 is 5.32 Å². The van der Waals surface area contributed by atoms with Crippen molar-refractivity contribution in [3.05, 3.63) is 23.2 Å². The van der Waals surface area contributed by atoms with E-state index in [1.807, 2.05) is 0 Å². The Hall–Kier alpha value is -1.73. The van der Waals surface area contributed by atoms with Crippen molar-refractivity contribution in [2.75, 3.05) is 12.8 Å². The SMILES string of the molecule is CNC(=O)C(C)n1c(SCC(=O)O)nc2ccc(Cl)cc21. The lowest BCUT2D eigenvalue weighted by Gasteiger charge is -2.15. The fourth-order valence-corrected chi connectivity index (χ4v) is 2.95. The van der Waals surface area contributed by atoms with Crippen LogP contribution in [-0.4, -0.2) is 39.3 Å². The first-order valence-electron chi connectivity index (χ1n) is 6.17. The number of thioether (sulfide) groups is 1. The Morgan fingerprint density at radius 2 is 2.24 bits per heavy atom. The zero-order valence-electron chi connectivity index (χ0n) is 11.5. The number of carbonyl (C=O) groups excluding carboxylic acids is 1. The first-order chi connectivity index (χ1) is 9.93. The molecule has 21 heavy (non-hydrogen) atoms. The van der Waals surface area contributed by atoms with Crippen LogP contribution in [-0.2, 0) is 9.59 Å². The minimum atomic E-state index is -0.941. The van der Waals surface area contributed by atoms with E-state index in [-0.39, 0.29) is 11.7 Å². The van der Waals surface area contributed by atoms with Crippen molar-refractivity contribution in [2.24, 2.45) is 0 Å². The maximum absolute atomic E-state index is 11.9. The number of amides is 1. The number of hydrogen-bond acceptors (Lipinski definition) is 4. The molecular weight excluding hydrogens is 314 g/mol. The Bertz CT molecular complexity index is 701. The van der Waals surface area contributed by atoms with Gasteiger partial charge in [0.25, 0.3) is 0 Å². The number of benzene rings is 1. The van der Waals surface area contributed by atoms with E-state index in [0.29, 0.717) is 21.2 Å². The quantitative estimate of drug-likeness (QED) is 0.822. The number of halogens is 1. The van der Waals surface area contributed by atoms with E-state index in [1.165, 1.54) is 0 Å². The van der Waals surface area contributed by atoms with Crippen LogP contribution in [0.3, 0.4) is 0 Å². The highest BCUT2D eigenvalue weighted by Crippen LogP contribution is 2.29. The molecule has 0 fully saturated rings. The molecule has 6 nitrogen and oxygen atoms in total. The molecule has 0 aliphatic heterocycles. The Balaban J connectivity index is 2.55. The Labute approximate surface area is 130 Å². The number of aromatic nitrogens is 2. The number of carbonyl (C=O) groups is 2. The predicted octanol–water partition coefficient (Wildman–Crippen LogP) is 2.17. The molecule has 0 aliphatic rings. The summed E-state index contributed by atoms with van der Waals surface area (Å²) < 4.78 is 1.70. The van der Waals surface area contributed by atoms with E-state index in [4.69, 9.17) is 16.7 Å². The molecule has 112 valence electrons. The van der Waals surface area contributed by atoms with Crippen LogP contribution in [0.1, 0.15) is 13.0 Å². The van der Waals surface area contributed by atoms with Crippen molar-refractivity contribution in [3.63, 3.8) is 0 Å². The maximum Gasteiger partial charge on any atom is 0.313 e. The van der Waals surface area contributed by atoms with Gasteiger partial charge in [0.05, 0.1) is 16.8 Å². The fourth-order valence-electron chi connectivity index (χ4n) is 1.97. The second-order valence-corrected chi connectivity index (χ2v) is 5.75. The molecule has 0 aliphatic carbocycles. The average molecular weight is 328 g/mol. The van der Waals surface area contributed by atoms with E-state index in [9.17, 15) is 9.59 Å². The van der Waals surface area contributed by atoms with Crippen molar-refractivity contribution in [2.45, 2.75) is 18.1 Å². The number of likely N-dealkylation sites (N-methyl/N-ethyl adjacent to an activating group) is 1. The standard InChI is InChI=1S/C13H14ClN3O3S/c1-7(12(20)15-2)17-10-5-8(14)3-4-9(10)16-13(17)21-6-11(18)19/h3-5,7H,6H2,1-2H3,(H,15,20)(H,18,19). The second kappa shape index (κ2) is 6.36. The largest absolute Gasteiger partial charge is 0.481 e. The van der Waals surface area contributed by atoms with Gasteiger partial charge in [-0.2, -0.15) is 0 Å². The van der Waals surface area contributed by atoms with Crippen molar-refractivity contribution >= 4 is 46.3 Å². The number of rotatable bonds is 5. The van der Waals surface area contributed by atoms with Crippen LogP contribution in [0.2, 0.25) is 5.02 Å². The summed E-state index contributed by atoms with van der Waals surface area (Å²) in [6.07, 6.45) is 0. The topological polar surface area (TPSA) is 84.2 Å². The number of nitrogens with one attached hydrogen (secondary N) is 1. The molecule has 0 spiro atoms. The molecule has 1 amide bonds. The van der Waals surface area contributed by atoms with Crippen LogP contribution in [0.15, 0.2) is 23.4 Å². The van der Waals surface area contributed by atoms with Gasteiger partial charge in [0.1, 0.15) is 6.04 Å². The van der Waals surface area contributed by atoms with Crippen LogP contribution >= 0.6 is 23.4 Å². The first-order valence-corrected chi connectivity index (χ1v) is 7.54. The molecule has 0 saturated heterocycles. The molecule has 1 heterocycles. The van der Waals surface area contributed by atoms with Gasteiger partial charge in [-0.15, -0.1) is 0 Å². The van der Waals surface area contributed by atoms with Crippen LogP contribution in [0.25, 0.3) is 11.0 Å². The third kappa shape index (κ3) is 3.30. The van der Waals surface area contributed by atoms with Gasteiger partial charge in [0, 0.05) is 12.1 Å². The van der Waals surface area contributed by atoms with Crippen molar-refractivity contribution in [1.82, 2.24) is 14.9 Å². The molecule has 2 rings (SSSR count). The second-order valence-electron chi connectivity index (χ2n) is 4.37. The minimum Gasteiger partial charge on any atom is -0.481 e. The first kappa shape index (κ1) is 15.7. The highest BCUT2D eigenvalue weighted by atomic mass is 35.5. The van der Waals surface area contributed by atoms with Gasteiger partial charge < -0.3 is 15.0 Å². The summed E-state index contributed by atoms with van der Waals surface area (Å²) in [4.78, 5) is 27.1. The molecule has 1 aromatic heterocycles. The summed E-state index contributed by atoms with van der Waals surface area (Å²) in [5, 5.41) is 12.4. The summed E-state index contributed by atoms with van der Waals surface area (Å²) in [5.41, 5.74) is 1.37. The lowest BCUT2D eigenvalue weighted by Crippen LogP contribution is -2.28. The molecule has 1 atom stereocenters. The van der Waals surface area contributed by atoms with Gasteiger partial charge in [-0.3, -0.25) is 9.59 Å². The Kier molecular flexibility index (Phi) is 4.74. The van der Waals surface area contributed by atoms with E-state index >= 15 is 0 Å². The summed E-state index contributed by atoms with van der Waals surface area (Å²) in [6.45, 7) is 1.73. The van der Waals surface area contributed by atoms with Crippen LogP contribution in [0.5, 0.6) is 0 Å². The summed E-state index contributed by atoms with van der Waals surface area (Å²) >= 11 is 7.08. The van der Waals surface area contributed by atoms with Crippen molar-refractivity contribution < 1.29 is 14.7 Å². The highest BCUT2D eigenvalue weighted by Gasteiger charge is 2.21. The van der Waals surface area contributed by atoms with Gasteiger partial charge in [0.15, 0.2) is 5.16 Å². The number of nitrogens with zero attached hydrogens (tertiary/aromatic N) is 2. The highest BCUT2D eigenvalue weighted by molar-refractivity contribution is 7.99. The Morgan fingerprint density at radius 3 is 2.86 bits per heavy atom. The number of carboxylic acids is 1. The predicted molar refractivity (Wildman–Crippen MR) is 81.9 cm³/mol. The lowest BCUT2D eigenvalue weighted by molar-refractivity contribution is -0.133. The lowest BCUT2D eigenvalue weighted by atomic mass is 10.2. The molecule has 2 aromatic rings. The molecule has 0 radical (unpaired) electrons. The number of fused-ring (bicyclic) bond motifs is 1. The molecule has 1 unspecified atom stereocenters. The maximum atomic E-state index is 11.9. The molecular formula is C13H14ClN3O3S. The van der Waals surface area contributed by atoms with Crippen molar-refractivity contribution in [1.29, 1.82) is 0 Å². The van der Waals surface area contributed by atoms with Gasteiger partial charge >= 0.3 is 5.97 Å². The third-order valence-corrected chi connectivity index (χ3v) is 4.13. The molecule has 8 heteroatoms.